The standard InChI is InChI=1S/C48H37BF10N2O2/c1-30-24-31(2)41(32(3)25-30)42(43-37(33-16-8-4-9-17-33)26-39(60-43)35-20-12-6-13-21-35)44-38(34-18-10-5-11-19-34)27-40(36-22-14-7-15-23-36)61(44)49(62-28-45(50,51)47(54,55)56)63-29-46(52,53)48(57,58)59/h4-27H,28-29H2,1-3H3/b43-42-. The molecule has 4 nitrogen and oxygen atoms in total. The fourth-order valence-electron chi connectivity index (χ4n) is 7.51. The Bertz CT molecular complexity index is 2620. The Morgan fingerprint density at radius 2 is 0.984 bits per heavy atom. The van der Waals surface area contributed by atoms with E-state index in [0.717, 1.165) is 10.0 Å². The van der Waals surface area contributed by atoms with Crippen LogP contribution in [0.1, 0.15) is 39.1 Å². The van der Waals surface area contributed by atoms with Gasteiger partial charge in [-0.15, -0.1) is 0 Å². The van der Waals surface area contributed by atoms with Crippen LogP contribution >= 0.6 is 0 Å². The highest BCUT2D eigenvalue weighted by Gasteiger charge is 2.60. The van der Waals surface area contributed by atoms with Gasteiger partial charge in [-0.25, -0.2) is 4.99 Å². The van der Waals surface area contributed by atoms with Crippen LogP contribution < -0.4 is 0 Å². The van der Waals surface area contributed by atoms with E-state index in [9.17, 15) is 43.9 Å². The molecular formula is C48H37BF10N2O2. The molecule has 324 valence electrons. The van der Waals surface area contributed by atoms with Gasteiger partial charge in [-0.1, -0.05) is 139 Å². The molecule has 0 atom stereocenters. The molecule has 0 aliphatic carbocycles. The lowest BCUT2D eigenvalue weighted by atomic mass is 9.85. The van der Waals surface area contributed by atoms with Gasteiger partial charge < -0.3 is 13.8 Å². The highest BCUT2D eigenvalue weighted by molar-refractivity contribution is 6.44. The van der Waals surface area contributed by atoms with Crippen LogP contribution in [0.2, 0.25) is 0 Å². The van der Waals surface area contributed by atoms with Crippen molar-refractivity contribution in [1.29, 1.82) is 0 Å². The van der Waals surface area contributed by atoms with E-state index in [1.165, 1.54) is 6.07 Å². The average molecular weight is 875 g/mol. The number of aryl methyl sites for hydroxylation is 3. The average Bonchev–Trinajstić information content (AvgIpc) is 3.86. The van der Waals surface area contributed by atoms with Crippen LogP contribution in [0.15, 0.2) is 156 Å². The Morgan fingerprint density at radius 1 is 0.556 bits per heavy atom. The molecule has 0 radical (unpaired) electrons. The summed E-state index contributed by atoms with van der Waals surface area (Å²) >= 11 is 0. The zero-order valence-electron chi connectivity index (χ0n) is 33.8. The normalized spacial score (nSPS) is 14.4. The Balaban J connectivity index is 1.68. The molecule has 1 aromatic heterocycles. The third-order valence-electron chi connectivity index (χ3n) is 10.4. The lowest BCUT2D eigenvalue weighted by Gasteiger charge is -2.28. The second kappa shape index (κ2) is 17.5. The van der Waals surface area contributed by atoms with E-state index in [1.807, 2.05) is 67.6 Å². The van der Waals surface area contributed by atoms with E-state index in [1.54, 1.807) is 92.7 Å². The van der Waals surface area contributed by atoms with Gasteiger partial charge in [0.2, 0.25) is 0 Å². The topological polar surface area (TPSA) is 35.8 Å². The molecule has 1 aliphatic heterocycles. The Hall–Kier alpha value is -6.19. The van der Waals surface area contributed by atoms with Crippen LogP contribution in [-0.2, 0) is 9.31 Å². The summed E-state index contributed by atoms with van der Waals surface area (Å²) in [6.45, 7) is 0.434. The molecule has 15 heteroatoms. The summed E-state index contributed by atoms with van der Waals surface area (Å²) in [7, 11) is -2.76. The predicted molar refractivity (Wildman–Crippen MR) is 224 cm³/mol. The molecule has 6 aromatic rings. The molecule has 5 aromatic carbocycles. The van der Waals surface area contributed by atoms with Gasteiger partial charge >= 0.3 is 31.5 Å². The van der Waals surface area contributed by atoms with Crippen LogP contribution in [0.4, 0.5) is 43.9 Å². The van der Waals surface area contributed by atoms with Gasteiger partial charge in [0, 0.05) is 28.0 Å². The van der Waals surface area contributed by atoms with Crippen molar-refractivity contribution in [3.8, 4) is 22.4 Å². The first-order valence-corrected chi connectivity index (χ1v) is 19.5. The molecule has 0 bridgehead atoms. The number of alkyl halides is 10. The van der Waals surface area contributed by atoms with Crippen molar-refractivity contribution in [2.45, 2.75) is 45.0 Å². The summed E-state index contributed by atoms with van der Waals surface area (Å²) in [6.07, 6.45) is -10.6. The molecule has 0 N–H and O–H groups in total. The first-order chi connectivity index (χ1) is 29.8. The lowest BCUT2D eigenvalue weighted by molar-refractivity contribution is -0.295. The van der Waals surface area contributed by atoms with Crippen molar-refractivity contribution >= 4 is 24.1 Å². The summed E-state index contributed by atoms with van der Waals surface area (Å²) in [5, 5.41) is 0. The van der Waals surface area contributed by atoms with Crippen molar-refractivity contribution in [2.75, 3.05) is 13.2 Å². The molecule has 0 fully saturated rings. The van der Waals surface area contributed by atoms with E-state index in [2.05, 4.69) is 0 Å². The van der Waals surface area contributed by atoms with E-state index < -0.39 is 44.7 Å². The van der Waals surface area contributed by atoms with Gasteiger partial charge in [0.15, 0.2) is 0 Å². The maximum atomic E-state index is 14.8. The number of allylic oxidation sites excluding steroid dienone is 2. The van der Waals surface area contributed by atoms with Gasteiger partial charge in [0.25, 0.3) is 0 Å². The largest absolute Gasteiger partial charge is 0.598 e. The fraction of sp³-hybridized carbons (Fsp3) is 0.188. The number of aromatic nitrogens is 1. The van der Waals surface area contributed by atoms with Crippen molar-refractivity contribution in [1.82, 2.24) is 4.48 Å². The number of aliphatic imine (C=N–C) groups is 1. The second-order valence-electron chi connectivity index (χ2n) is 15.0. The van der Waals surface area contributed by atoms with Gasteiger partial charge in [-0.05, 0) is 66.3 Å². The number of nitrogens with zero attached hydrogens (tertiary/aromatic N) is 2. The lowest BCUT2D eigenvalue weighted by Crippen LogP contribution is -2.48. The van der Waals surface area contributed by atoms with Crippen LogP contribution in [-0.4, -0.2) is 54.9 Å². The summed E-state index contributed by atoms with van der Waals surface area (Å²) in [5.41, 5.74) is 6.30. The molecule has 0 spiro atoms. The maximum Gasteiger partial charge on any atom is 0.598 e. The van der Waals surface area contributed by atoms with Gasteiger partial charge in [0.05, 0.1) is 17.1 Å². The van der Waals surface area contributed by atoms with Gasteiger partial charge in [-0.3, -0.25) is 0 Å². The molecule has 0 amide bonds. The molecule has 0 saturated carbocycles. The Labute approximate surface area is 357 Å². The first kappa shape index (κ1) is 44.9. The minimum atomic E-state index is -6.20. The van der Waals surface area contributed by atoms with Gasteiger partial charge in [-0.2, -0.15) is 43.9 Å². The number of hydrogen-bond acceptors (Lipinski definition) is 3. The zero-order valence-corrected chi connectivity index (χ0v) is 33.8. The maximum absolute atomic E-state index is 14.8. The molecular weight excluding hydrogens is 837 g/mol. The predicted octanol–water partition coefficient (Wildman–Crippen LogP) is 13.4. The summed E-state index contributed by atoms with van der Waals surface area (Å²) < 4.78 is 153. The minimum Gasteiger partial charge on any atom is -0.385 e. The molecule has 7 rings (SSSR count). The van der Waals surface area contributed by atoms with Crippen molar-refractivity contribution < 1.29 is 53.2 Å². The molecule has 2 heterocycles. The SMILES string of the molecule is Cc1cc(C)c(/C(=C2/N=C(c3ccccc3)C=C2c2ccccc2)c2c(-c3ccccc3)cc(-c3ccccc3)n2B(OCC(F)(F)C(F)(F)F)OCC(F)(F)C(F)(F)F)c(C)c1. The van der Waals surface area contributed by atoms with Crippen molar-refractivity contribution in [2.24, 2.45) is 4.99 Å². The highest BCUT2D eigenvalue weighted by atomic mass is 19.4. The first-order valence-electron chi connectivity index (χ1n) is 19.5. The van der Waals surface area contributed by atoms with Crippen LogP contribution in [0.3, 0.4) is 0 Å². The third-order valence-corrected chi connectivity index (χ3v) is 10.4. The third kappa shape index (κ3) is 9.30. The number of halogens is 10. The highest BCUT2D eigenvalue weighted by Crippen LogP contribution is 2.47. The number of hydrogen-bond donors (Lipinski definition) is 0. The van der Waals surface area contributed by atoms with Gasteiger partial charge in [0.1, 0.15) is 13.2 Å². The number of benzene rings is 5. The van der Waals surface area contributed by atoms with E-state index in [4.69, 9.17) is 14.3 Å². The summed E-state index contributed by atoms with van der Waals surface area (Å²) in [5.74, 6) is -11.2. The quantitative estimate of drug-likeness (QED) is 0.0856. The van der Waals surface area contributed by atoms with Crippen molar-refractivity contribution in [3.63, 3.8) is 0 Å². The summed E-state index contributed by atoms with van der Waals surface area (Å²) in [6, 6.07) is 39.7. The molecule has 0 unspecified atom stereocenters. The molecule has 63 heavy (non-hydrogen) atoms. The van der Waals surface area contributed by atoms with Crippen LogP contribution in [0, 0.1) is 20.8 Å². The smallest absolute Gasteiger partial charge is 0.385 e. The summed E-state index contributed by atoms with van der Waals surface area (Å²) in [4.78, 5) is 5.20. The van der Waals surface area contributed by atoms with E-state index in [0.29, 0.717) is 44.7 Å². The monoisotopic (exact) mass is 874 g/mol. The second-order valence-corrected chi connectivity index (χ2v) is 15.0. The minimum absolute atomic E-state index is 0.0453. The zero-order chi connectivity index (χ0) is 45.3. The van der Waals surface area contributed by atoms with Crippen molar-refractivity contribution in [3.05, 3.63) is 190 Å². The number of rotatable bonds is 13. The molecule has 0 saturated heterocycles. The van der Waals surface area contributed by atoms with Crippen LogP contribution in [0.5, 0.6) is 0 Å². The Morgan fingerprint density at radius 3 is 1.44 bits per heavy atom. The van der Waals surface area contributed by atoms with E-state index >= 15 is 0 Å². The van der Waals surface area contributed by atoms with Crippen LogP contribution in [0.25, 0.3) is 33.5 Å². The van der Waals surface area contributed by atoms with E-state index in [-0.39, 0.29) is 33.8 Å². The molecule has 1 aliphatic rings. The Kier molecular flexibility index (Phi) is 12.5. The fourth-order valence-corrected chi connectivity index (χ4v) is 7.51.